The summed E-state index contributed by atoms with van der Waals surface area (Å²) in [5.74, 6) is 0.716. The standard InChI is InChI=1S/C17H19BrN2O2/c1-2-9-19-17(21)20-15-7-4-8-16(11-15)22-12-13-5-3-6-14(18)10-13/h3-8,10-11H,2,9,12H2,1H3,(H2,19,20,21). The molecule has 0 bridgehead atoms. The predicted octanol–water partition coefficient (Wildman–Crippen LogP) is 4.56. The van der Waals surface area contributed by atoms with Crippen LogP contribution in [0.5, 0.6) is 5.75 Å². The highest BCUT2D eigenvalue weighted by Crippen LogP contribution is 2.19. The summed E-state index contributed by atoms with van der Waals surface area (Å²) < 4.78 is 6.78. The molecule has 5 heteroatoms. The molecule has 0 saturated heterocycles. The zero-order chi connectivity index (χ0) is 15.8. The molecule has 0 unspecified atom stereocenters. The fourth-order valence-corrected chi connectivity index (χ4v) is 2.32. The molecule has 4 nitrogen and oxygen atoms in total. The second kappa shape index (κ2) is 8.44. The van der Waals surface area contributed by atoms with Gasteiger partial charge >= 0.3 is 6.03 Å². The third kappa shape index (κ3) is 5.41. The van der Waals surface area contributed by atoms with Crippen LogP contribution in [0.25, 0.3) is 0 Å². The van der Waals surface area contributed by atoms with Gasteiger partial charge in [-0.05, 0) is 36.2 Å². The Morgan fingerprint density at radius 3 is 2.77 bits per heavy atom. The number of anilines is 1. The predicted molar refractivity (Wildman–Crippen MR) is 92.2 cm³/mol. The smallest absolute Gasteiger partial charge is 0.319 e. The van der Waals surface area contributed by atoms with Crippen molar-refractivity contribution in [1.29, 1.82) is 0 Å². The maximum Gasteiger partial charge on any atom is 0.319 e. The third-order valence-electron chi connectivity index (χ3n) is 2.92. The Morgan fingerprint density at radius 2 is 2.00 bits per heavy atom. The molecule has 116 valence electrons. The number of urea groups is 1. The first-order chi connectivity index (χ1) is 10.7. The maximum absolute atomic E-state index is 11.6. The average Bonchev–Trinajstić information content (AvgIpc) is 2.51. The summed E-state index contributed by atoms with van der Waals surface area (Å²) in [6.07, 6.45) is 0.906. The molecule has 0 fully saturated rings. The molecule has 2 N–H and O–H groups in total. The van der Waals surface area contributed by atoms with Gasteiger partial charge in [0.25, 0.3) is 0 Å². The van der Waals surface area contributed by atoms with E-state index in [9.17, 15) is 4.79 Å². The lowest BCUT2D eigenvalue weighted by atomic mass is 10.2. The molecule has 0 aliphatic carbocycles. The topological polar surface area (TPSA) is 50.4 Å². The molecule has 0 spiro atoms. The van der Waals surface area contributed by atoms with E-state index < -0.39 is 0 Å². The van der Waals surface area contributed by atoms with Crippen LogP contribution in [0.3, 0.4) is 0 Å². The number of hydrogen-bond donors (Lipinski definition) is 2. The van der Waals surface area contributed by atoms with Gasteiger partial charge in [-0.2, -0.15) is 0 Å². The van der Waals surface area contributed by atoms with Gasteiger partial charge in [-0.25, -0.2) is 4.79 Å². The number of carbonyl (C=O) groups excluding carboxylic acids is 1. The third-order valence-corrected chi connectivity index (χ3v) is 3.42. The van der Waals surface area contributed by atoms with E-state index in [4.69, 9.17) is 4.74 Å². The lowest BCUT2D eigenvalue weighted by Gasteiger charge is -2.10. The van der Waals surface area contributed by atoms with Crippen molar-refractivity contribution in [2.75, 3.05) is 11.9 Å². The van der Waals surface area contributed by atoms with Gasteiger partial charge in [-0.3, -0.25) is 0 Å². The number of nitrogens with one attached hydrogen (secondary N) is 2. The lowest BCUT2D eigenvalue weighted by molar-refractivity contribution is 0.252. The molecule has 22 heavy (non-hydrogen) atoms. The summed E-state index contributed by atoms with van der Waals surface area (Å²) in [6.45, 7) is 3.15. The highest BCUT2D eigenvalue weighted by molar-refractivity contribution is 9.10. The van der Waals surface area contributed by atoms with Gasteiger partial charge in [-0.1, -0.05) is 41.1 Å². The number of halogens is 1. The summed E-state index contributed by atoms with van der Waals surface area (Å²) in [7, 11) is 0. The average molecular weight is 363 g/mol. The first-order valence-electron chi connectivity index (χ1n) is 7.19. The molecule has 0 aliphatic heterocycles. The number of rotatable bonds is 6. The number of hydrogen-bond acceptors (Lipinski definition) is 2. The van der Waals surface area contributed by atoms with Crippen molar-refractivity contribution >= 4 is 27.6 Å². The Labute approximate surface area is 139 Å². The highest BCUT2D eigenvalue weighted by Gasteiger charge is 2.02. The number of ether oxygens (including phenoxy) is 1. The molecule has 2 aromatic carbocycles. The van der Waals surface area contributed by atoms with E-state index in [2.05, 4.69) is 26.6 Å². The number of amides is 2. The molecular weight excluding hydrogens is 344 g/mol. The molecule has 0 aromatic heterocycles. The van der Waals surface area contributed by atoms with Crippen LogP contribution < -0.4 is 15.4 Å². The van der Waals surface area contributed by atoms with E-state index in [0.29, 0.717) is 24.6 Å². The van der Waals surface area contributed by atoms with Gasteiger partial charge < -0.3 is 15.4 Å². The minimum absolute atomic E-state index is 0.203. The SMILES string of the molecule is CCCNC(=O)Nc1cccc(OCc2cccc(Br)c2)c1. The van der Waals surface area contributed by atoms with Crippen LogP contribution in [0.2, 0.25) is 0 Å². The summed E-state index contributed by atoms with van der Waals surface area (Å²) >= 11 is 3.44. The first kappa shape index (κ1) is 16.4. The van der Waals surface area contributed by atoms with Crippen LogP contribution in [-0.4, -0.2) is 12.6 Å². The van der Waals surface area contributed by atoms with Crippen LogP contribution in [-0.2, 0) is 6.61 Å². The van der Waals surface area contributed by atoms with Crippen molar-refractivity contribution in [3.8, 4) is 5.75 Å². The van der Waals surface area contributed by atoms with Gasteiger partial charge in [0.1, 0.15) is 12.4 Å². The van der Waals surface area contributed by atoms with Crippen LogP contribution in [0.1, 0.15) is 18.9 Å². The Kier molecular flexibility index (Phi) is 6.27. The zero-order valence-electron chi connectivity index (χ0n) is 12.4. The van der Waals surface area contributed by atoms with Gasteiger partial charge in [-0.15, -0.1) is 0 Å². The van der Waals surface area contributed by atoms with E-state index >= 15 is 0 Å². The second-order valence-electron chi connectivity index (χ2n) is 4.83. The molecule has 2 aromatic rings. The van der Waals surface area contributed by atoms with E-state index in [1.165, 1.54) is 0 Å². The molecular formula is C17H19BrN2O2. The summed E-state index contributed by atoms with van der Waals surface area (Å²) in [4.78, 5) is 11.6. The largest absolute Gasteiger partial charge is 0.489 e. The fourth-order valence-electron chi connectivity index (χ4n) is 1.87. The Bertz CT molecular complexity index is 632. The molecule has 0 aliphatic rings. The first-order valence-corrected chi connectivity index (χ1v) is 7.99. The number of carbonyl (C=O) groups is 1. The van der Waals surface area contributed by atoms with Gasteiger partial charge in [0, 0.05) is 22.8 Å². The normalized spacial score (nSPS) is 10.1. The van der Waals surface area contributed by atoms with Crippen LogP contribution >= 0.6 is 15.9 Å². The molecule has 2 rings (SSSR count). The van der Waals surface area contributed by atoms with Crippen molar-refractivity contribution in [2.45, 2.75) is 20.0 Å². The quantitative estimate of drug-likeness (QED) is 0.791. The van der Waals surface area contributed by atoms with E-state index in [-0.39, 0.29) is 6.03 Å². The van der Waals surface area contributed by atoms with E-state index in [0.717, 1.165) is 16.5 Å². The Morgan fingerprint density at radius 1 is 1.18 bits per heavy atom. The highest BCUT2D eigenvalue weighted by atomic mass is 79.9. The molecule has 0 saturated carbocycles. The van der Waals surface area contributed by atoms with E-state index in [1.807, 2.05) is 55.5 Å². The fraction of sp³-hybridized carbons (Fsp3) is 0.235. The zero-order valence-corrected chi connectivity index (χ0v) is 14.0. The minimum Gasteiger partial charge on any atom is -0.489 e. The maximum atomic E-state index is 11.6. The summed E-state index contributed by atoms with van der Waals surface area (Å²) in [5, 5.41) is 5.56. The monoisotopic (exact) mass is 362 g/mol. The van der Waals surface area contributed by atoms with Crippen molar-refractivity contribution in [3.63, 3.8) is 0 Å². The molecule has 0 atom stereocenters. The van der Waals surface area contributed by atoms with Crippen molar-refractivity contribution in [3.05, 3.63) is 58.6 Å². The Balaban J connectivity index is 1.92. The minimum atomic E-state index is -0.203. The van der Waals surface area contributed by atoms with Gasteiger partial charge in [0.15, 0.2) is 0 Å². The molecule has 0 heterocycles. The van der Waals surface area contributed by atoms with Gasteiger partial charge in [0.05, 0.1) is 0 Å². The summed E-state index contributed by atoms with van der Waals surface area (Å²) in [6, 6.07) is 15.1. The Hall–Kier alpha value is -2.01. The van der Waals surface area contributed by atoms with Crippen molar-refractivity contribution in [1.82, 2.24) is 5.32 Å². The molecule has 2 amide bonds. The second-order valence-corrected chi connectivity index (χ2v) is 5.74. The van der Waals surface area contributed by atoms with Crippen LogP contribution in [0.15, 0.2) is 53.0 Å². The van der Waals surface area contributed by atoms with E-state index in [1.54, 1.807) is 0 Å². The van der Waals surface area contributed by atoms with Crippen LogP contribution in [0.4, 0.5) is 10.5 Å². The van der Waals surface area contributed by atoms with Gasteiger partial charge in [0.2, 0.25) is 0 Å². The molecule has 0 radical (unpaired) electrons. The van der Waals surface area contributed by atoms with Crippen molar-refractivity contribution < 1.29 is 9.53 Å². The van der Waals surface area contributed by atoms with Crippen molar-refractivity contribution in [2.24, 2.45) is 0 Å². The van der Waals surface area contributed by atoms with Crippen LogP contribution in [0, 0.1) is 0 Å². The number of benzene rings is 2. The summed E-state index contributed by atoms with van der Waals surface area (Å²) in [5.41, 5.74) is 1.79. The lowest BCUT2D eigenvalue weighted by Crippen LogP contribution is -2.29.